The van der Waals surface area contributed by atoms with Gasteiger partial charge in [-0.2, -0.15) is 5.26 Å². The predicted octanol–water partition coefficient (Wildman–Crippen LogP) is 2.62. The van der Waals surface area contributed by atoms with E-state index in [1.807, 2.05) is 6.07 Å². The molecule has 0 unspecified atom stereocenters. The molecule has 0 saturated carbocycles. The Morgan fingerprint density at radius 1 is 0.938 bits per heavy atom. The van der Waals surface area contributed by atoms with Crippen molar-refractivity contribution in [2.45, 2.75) is 0 Å². The first-order valence-electron chi connectivity index (χ1n) is 9.58. The molecule has 10 heteroatoms. The summed E-state index contributed by atoms with van der Waals surface area (Å²) in [4.78, 5) is 35.2. The molecule has 0 radical (unpaired) electrons. The van der Waals surface area contributed by atoms with Crippen LogP contribution >= 0.6 is 0 Å². The van der Waals surface area contributed by atoms with Gasteiger partial charge in [-0.25, -0.2) is 9.97 Å². The van der Waals surface area contributed by atoms with Crippen molar-refractivity contribution in [3.8, 4) is 6.07 Å². The second-order valence-corrected chi connectivity index (χ2v) is 6.70. The molecule has 3 N–H and O–H groups in total. The highest BCUT2D eigenvalue weighted by Crippen LogP contribution is 2.21. The molecule has 2 heterocycles. The highest BCUT2D eigenvalue weighted by molar-refractivity contribution is 6.13. The summed E-state index contributed by atoms with van der Waals surface area (Å²) in [6, 6.07) is 15.3. The molecule has 1 saturated heterocycles. The molecule has 1 aliphatic heterocycles. The molecule has 0 atom stereocenters. The van der Waals surface area contributed by atoms with Crippen molar-refractivity contribution < 1.29 is 14.3 Å². The average molecular weight is 427 g/mol. The van der Waals surface area contributed by atoms with Gasteiger partial charge in [0.15, 0.2) is 11.4 Å². The zero-order valence-corrected chi connectivity index (χ0v) is 16.7. The van der Waals surface area contributed by atoms with Crippen LogP contribution in [0.5, 0.6) is 0 Å². The van der Waals surface area contributed by atoms with Crippen LogP contribution in [-0.2, 0) is 4.74 Å². The van der Waals surface area contributed by atoms with E-state index in [0.717, 1.165) is 5.69 Å². The van der Waals surface area contributed by atoms with E-state index >= 15 is 0 Å². The van der Waals surface area contributed by atoms with Gasteiger partial charge in [-0.15, -0.1) is 0 Å². The third-order valence-electron chi connectivity index (χ3n) is 4.64. The molecule has 3 aromatic rings. The lowest BCUT2D eigenvalue weighted by atomic mass is 10.2. The van der Waals surface area contributed by atoms with E-state index in [0.29, 0.717) is 30.1 Å². The number of hydrogen-bond donors (Lipinski definition) is 3. The quantitative estimate of drug-likeness (QED) is 0.568. The first-order chi connectivity index (χ1) is 15.5. The maximum absolute atomic E-state index is 12.8. The van der Waals surface area contributed by atoms with Crippen LogP contribution in [0.25, 0.3) is 0 Å². The summed E-state index contributed by atoms with van der Waals surface area (Å²) in [6.45, 7) is 1.04. The maximum atomic E-state index is 12.8. The number of carbonyl (C=O) groups is 2. The van der Waals surface area contributed by atoms with Crippen LogP contribution in [0.3, 0.4) is 0 Å². The van der Waals surface area contributed by atoms with Gasteiger partial charge in [0.25, 0.3) is 17.8 Å². The largest absolute Gasteiger partial charge is 0.463 e. The summed E-state index contributed by atoms with van der Waals surface area (Å²) >= 11 is 0. The summed E-state index contributed by atoms with van der Waals surface area (Å²) in [5.41, 5.74) is 1.92. The number of amides is 2. The number of hydrogen-bond acceptors (Lipinski definition) is 7. The van der Waals surface area contributed by atoms with Gasteiger partial charge in [-0.05, 0) is 48.5 Å². The number of benzene rings is 2. The van der Waals surface area contributed by atoms with E-state index in [2.05, 4.69) is 20.6 Å². The SMILES string of the molecule is N#Cc1ccc(NC(=O)c2nccnc2C(=O)Nc2ccc(N3CCOC3=N)cc2)cc1. The Morgan fingerprint density at radius 2 is 1.47 bits per heavy atom. The van der Waals surface area contributed by atoms with Gasteiger partial charge in [0, 0.05) is 29.5 Å². The number of carbonyl (C=O) groups excluding carboxylic acids is 2. The lowest BCUT2D eigenvalue weighted by Gasteiger charge is -2.15. The van der Waals surface area contributed by atoms with Crippen LogP contribution < -0.4 is 15.5 Å². The smallest absolute Gasteiger partial charge is 0.289 e. The van der Waals surface area contributed by atoms with Gasteiger partial charge < -0.3 is 15.4 Å². The van der Waals surface area contributed by atoms with E-state index in [4.69, 9.17) is 15.4 Å². The number of nitriles is 1. The molecule has 2 amide bonds. The number of nitrogens with zero attached hydrogens (tertiary/aromatic N) is 4. The summed E-state index contributed by atoms with van der Waals surface area (Å²) in [5, 5.41) is 22.0. The second kappa shape index (κ2) is 8.93. The van der Waals surface area contributed by atoms with Crippen LogP contribution in [-0.4, -0.2) is 41.0 Å². The number of aromatic nitrogens is 2. The molecule has 0 spiro atoms. The molecule has 4 rings (SSSR count). The van der Waals surface area contributed by atoms with Crippen molar-refractivity contribution in [3.63, 3.8) is 0 Å². The van der Waals surface area contributed by atoms with Crippen molar-refractivity contribution in [2.75, 3.05) is 28.7 Å². The van der Waals surface area contributed by atoms with E-state index in [9.17, 15) is 9.59 Å². The minimum Gasteiger partial charge on any atom is -0.463 e. The number of anilines is 3. The zero-order valence-electron chi connectivity index (χ0n) is 16.7. The molecule has 10 nitrogen and oxygen atoms in total. The van der Waals surface area contributed by atoms with Gasteiger partial charge in [0.2, 0.25) is 0 Å². The van der Waals surface area contributed by atoms with Crippen LogP contribution in [0, 0.1) is 16.7 Å². The van der Waals surface area contributed by atoms with E-state index in [1.165, 1.54) is 12.4 Å². The third-order valence-corrected chi connectivity index (χ3v) is 4.64. The Labute approximate surface area is 183 Å². The summed E-state index contributed by atoms with van der Waals surface area (Å²) in [7, 11) is 0. The number of nitrogens with one attached hydrogen (secondary N) is 3. The molecule has 2 aromatic carbocycles. The Morgan fingerprint density at radius 3 is 1.94 bits per heavy atom. The van der Waals surface area contributed by atoms with Crippen molar-refractivity contribution >= 4 is 34.9 Å². The third kappa shape index (κ3) is 4.36. The number of rotatable bonds is 5. The van der Waals surface area contributed by atoms with Gasteiger partial charge in [0.05, 0.1) is 18.2 Å². The molecule has 158 valence electrons. The van der Waals surface area contributed by atoms with Gasteiger partial charge in [0.1, 0.15) is 6.61 Å². The Bertz CT molecular complexity index is 1220. The molecule has 1 fully saturated rings. The van der Waals surface area contributed by atoms with Gasteiger partial charge in [-0.3, -0.25) is 19.9 Å². The van der Waals surface area contributed by atoms with E-state index in [-0.39, 0.29) is 17.4 Å². The predicted molar refractivity (Wildman–Crippen MR) is 117 cm³/mol. The molecule has 0 aliphatic carbocycles. The standard InChI is InChI=1S/C22H17N7O3/c23-13-14-1-3-15(4-2-14)27-20(30)18-19(26-10-9-25-18)21(31)28-16-5-7-17(8-6-16)29-11-12-32-22(29)24/h1-10,24H,11-12H2,(H,27,30)(H,28,31). The van der Waals surface area contributed by atoms with Crippen molar-refractivity contribution in [1.29, 1.82) is 10.7 Å². The maximum Gasteiger partial charge on any atom is 0.289 e. The first-order valence-corrected chi connectivity index (χ1v) is 9.58. The van der Waals surface area contributed by atoms with Crippen molar-refractivity contribution in [2.24, 2.45) is 0 Å². The van der Waals surface area contributed by atoms with E-state index in [1.54, 1.807) is 53.4 Å². The lowest BCUT2D eigenvalue weighted by molar-refractivity contribution is 0.0983. The minimum absolute atomic E-state index is 0.0827. The van der Waals surface area contributed by atoms with Crippen LogP contribution in [0.1, 0.15) is 26.5 Å². The average Bonchev–Trinajstić information content (AvgIpc) is 3.26. The fourth-order valence-corrected chi connectivity index (χ4v) is 3.06. The molecule has 1 aromatic heterocycles. The van der Waals surface area contributed by atoms with Crippen molar-refractivity contribution in [3.05, 3.63) is 77.9 Å². The normalized spacial score (nSPS) is 12.6. The van der Waals surface area contributed by atoms with Crippen LogP contribution in [0.2, 0.25) is 0 Å². The lowest BCUT2D eigenvalue weighted by Crippen LogP contribution is -2.24. The van der Waals surface area contributed by atoms with Crippen LogP contribution in [0.15, 0.2) is 60.9 Å². The Hall–Kier alpha value is -4.78. The van der Waals surface area contributed by atoms with Crippen molar-refractivity contribution in [1.82, 2.24) is 9.97 Å². The summed E-state index contributed by atoms with van der Waals surface area (Å²) < 4.78 is 5.13. The number of amidine groups is 1. The highest BCUT2D eigenvalue weighted by atomic mass is 16.5. The van der Waals surface area contributed by atoms with Gasteiger partial charge in [-0.1, -0.05) is 0 Å². The topological polar surface area (TPSA) is 144 Å². The highest BCUT2D eigenvalue weighted by Gasteiger charge is 2.22. The fourth-order valence-electron chi connectivity index (χ4n) is 3.06. The molecular weight excluding hydrogens is 410 g/mol. The minimum atomic E-state index is -0.601. The molecule has 0 bridgehead atoms. The van der Waals surface area contributed by atoms with Crippen LogP contribution in [0.4, 0.5) is 17.1 Å². The van der Waals surface area contributed by atoms with E-state index < -0.39 is 11.8 Å². The summed E-state index contributed by atoms with van der Waals surface area (Å²) in [5.74, 6) is -1.19. The fraction of sp³-hybridized carbons (Fsp3) is 0.0909. The first kappa shape index (κ1) is 20.5. The zero-order chi connectivity index (χ0) is 22.5. The number of ether oxygens (including phenoxy) is 1. The second-order valence-electron chi connectivity index (χ2n) is 6.70. The summed E-state index contributed by atoms with van der Waals surface area (Å²) in [6.07, 6.45) is 2.65. The molecule has 32 heavy (non-hydrogen) atoms. The Kier molecular flexibility index (Phi) is 5.72. The Balaban J connectivity index is 1.47. The van der Waals surface area contributed by atoms with Gasteiger partial charge >= 0.3 is 0 Å². The monoisotopic (exact) mass is 427 g/mol. The molecule has 1 aliphatic rings. The molecular formula is C22H17N7O3.